The molecule has 18 heavy (non-hydrogen) atoms. The zero-order valence-corrected chi connectivity index (χ0v) is 10.5. The van der Waals surface area contributed by atoms with E-state index in [1.807, 2.05) is 20.0 Å². The summed E-state index contributed by atoms with van der Waals surface area (Å²) in [5, 5.41) is 0.883. The Hall–Kier alpha value is -1.75. The van der Waals surface area contributed by atoms with E-state index in [2.05, 4.69) is 9.97 Å². The van der Waals surface area contributed by atoms with Crippen LogP contribution in [0.2, 0.25) is 0 Å². The standard InChI is InChI=1S/C13H15N3O2/c1-9-14-6-10-7-16(12(17)5-11(10)15-9)13(2)3-4-18-8-13/h5-7H,3-4,8H2,1-2H3. The van der Waals surface area contributed by atoms with Crippen LogP contribution in [0, 0.1) is 6.92 Å². The van der Waals surface area contributed by atoms with Crippen LogP contribution in [0.5, 0.6) is 0 Å². The highest BCUT2D eigenvalue weighted by molar-refractivity contribution is 5.76. The number of nitrogens with zero attached hydrogens (tertiary/aromatic N) is 3. The molecule has 0 aromatic carbocycles. The predicted molar refractivity (Wildman–Crippen MR) is 67.6 cm³/mol. The first-order valence-corrected chi connectivity index (χ1v) is 6.03. The summed E-state index contributed by atoms with van der Waals surface area (Å²) < 4.78 is 7.16. The molecule has 1 fully saturated rings. The summed E-state index contributed by atoms with van der Waals surface area (Å²) >= 11 is 0. The van der Waals surface area contributed by atoms with Gasteiger partial charge in [0.15, 0.2) is 0 Å². The molecule has 5 nitrogen and oxygen atoms in total. The van der Waals surface area contributed by atoms with Crippen LogP contribution < -0.4 is 5.56 Å². The molecule has 1 unspecified atom stereocenters. The lowest BCUT2D eigenvalue weighted by molar-refractivity contribution is 0.160. The Kier molecular flexibility index (Phi) is 2.45. The predicted octanol–water partition coefficient (Wildman–Crippen LogP) is 1.24. The highest BCUT2D eigenvalue weighted by Crippen LogP contribution is 2.26. The van der Waals surface area contributed by atoms with Gasteiger partial charge >= 0.3 is 0 Å². The van der Waals surface area contributed by atoms with Gasteiger partial charge in [-0.25, -0.2) is 9.97 Å². The highest BCUT2D eigenvalue weighted by Gasteiger charge is 2.32. The van der Waals surface area contributed by atoms with Gasteiger partial charge in [0.25, 0.3) is 5.56 Å². The fourth-order valence-electron chi connectivity index (χ4n) is 2.37. The number of aryl methyl sites for hydroxylation is 1. The van der Waals surface area contributed by atoms with Gasteiger partial charge in [-0.1, -0.05) is 0 Å². The van der Waals surface area contributed by atoms with Crippen molar-refractivity contribution in [1.82, 2.24) is 14.5 Å². The van der Waals surface area contributed by atoms with Crippen molar-refractivity contribution in [2.45, 2.75) is 25.8 Å². The van der Waals surface area contributed by atoms with Crippen molar-refractivity contribution in [3.8, 4) is 0 Å². The van der Waals surface area contributed by atoms with Crippen LogP contribution in [0.25, 0.3) is 10.9 Å². The lowest BCUT2D eigenvalue weighted by Gasteiger charge is -2.25. The van der Waals surface area contributed by atoms with Crippen molar-refractivity contribution < 1.29 is 4.74 Å². The number of hydrogen-bond donors (Lipinski definition) is 0. The normalized spacial score (nSPS) is 23.7. The molecule has 0 bridgehead atoms. The van der Waals surface area contributed by atoms with Gasteiger partial charge < -0.3 is 9.30 Å². The topological polar surface area (TPSA) is 57.0 Å². The molecule has 1 saturated heterocycles. The van der Waals surface area contributed by atoms with Crippen LogP contribution in [0.3, 0.4) is 0 Å². The summed E-state index contributed by atoms with van der Waals surface area (Å²) in [6, 6.07) is 1.58. The van der Waals surface area contributed by atoms with Gasteiger partial charge in [-0.3, -0.25) is 4.79 Å². The minimum atomic E-state index is -0.254. The number of aromatic nitrogens is 3. The van der Waals surface area contributed by atoms with Crippen molar-refractivity contribution >= 4 is 10.9 Å². The molecule has 1 aliphatic rings. The average Bonchev–Trinajstić information content (AvgIpc) is 2.76. The molecular formula is C13H15N3O2. The van der Waals surface area contributed by atoms with Crippen LogP contribution >= 0.6 is 0 Å². The van der Waals surface area contributed by atoms with E-state index < -0.39 is 0 Å². The number of ether oxygens (including phenoxy) is 1. The second kappa shape index (κ2) is 3.88. The quantitative estimate of drug-likeness (QED) is 0.758. The molecule has 3 heterocycles. The summed E-state index contributed by atoms with van der Waals surface area (Å²) in [5.41, 5.74) is 0.413. The smallest absolute Gasteiger partial charge is 0.253 e. The van der Waals surface area contributed by atoms with E-state index in [0.717, 1.165) is 11.8 Å². The summed E-state index contributed by atoms with van der Waals surface area (Å²) in [5.74, 6) is 0.676. The summed E-state index contributed by atoms with van der Waals surface area (Å²) in [4.78, 5) is 20.6. The fourth-order valence-corrected chi connectivity index (χ4v) is 2.37. The molecule has 5 heteroatoms. The average molecular weight is 245 g/mol. The third-order valence-electron chi connectivity index (χ3n) is 3.51. The molecule has 0 saturated carbocycles. The van der Waals surface area contributed by atoms with Gasteiger partial charge in [-0.15, -0.1) is 0 Å². The van der Waals surface area contributed by atoms with Crippen LogP contribution in [0.15, 0.2) is 23.3 Å². The van der Waals surface area contributed by atoms with Crippen molar-refractivity contribution in [2.24, 2.45) is 0 Å². The van der Waals surface area contributed by atoms with Crippen molar-refractivity contribution in [1.29, 1.82) is 0 Å². The Morgan fingerprint density at radius 2 is 2.33 bits per heavy atom. The third-order valence-corrected chi connectivity index (χ3v) is 3.51. The lowest BCUT2D eigenvalue weighted by atomic mass is 10.0. The Balaban J connectivity index is 2.22. The second-order valence-corrected chi connectivity index (χ2v) is 5.04. The minimum Gasteiger partial charge on any atom is -0.379 e. The van der Waals surface area contributed by atoms with Crippen LogP contribution in [0.4, 0.5) is 0 Å². The largest absolute Gasteiger partial charge is 0.379 e. The molecule has 1 aliphatic heterocycles. The monoisotopic (exact) mass is 245 g/mol. The maximum atomic E-state index is 12.2. The maximum absolute atomic E-state index is 12.2. The Bertz CT molecular complexity index is 657. The number of fused-ring (bicyclic) bond motifs is 1. The van der Waals surface area contributed by atoms with Gasteiger partial charge in [0.05, 0.1) is 17.7 Å². The summed E-state index contributed by atoms with van der Waals surface area (Å²) in [6.07, 6.45) is 4.45. The first-order valence-electron chi connectivity index (χ1n) is 6.03. The second-order valence-electron chi connectivity index (χ2n) is 5.04. The van der Waals surface area contributed by atoms with E-state index in [0.29, 0.717) is 24.6 Å². The molecule has 1 atom stereocenters. The molecule has 0 N–H and O–H groups in total. The molecule has 2 aromatic heterocycles. The SMILES string of the molecule is Cc1ncc2cn(C3(C)CCOC3)c(=O)cc2n1. The fraction of sp³-hybridized carbons (Fsp3) is 0.462. The van der Waals surface area contributed by atoms with Crippen molar-refractivity contribution in [3.05, 3.63) is 34.6 Å². The molecular weight excluding hydrogens is 230 g/mol. The molecule has 0 amide bonds. The van der Waals surface area contributed by atoms with Gasteiger partial charge in [0, 0.05) is 30.5 Å². The maximum Gasteiger partial charge on any atom is 0.253 e. The summed E-state index contributed by atoms with van der Waals surface area (Å²) in [7, 11) is 0. The lowest BCUT2D eigenvalue weighted by Crippen LogP contribution is -2.38. The van der Waals surface area contributed by atoms with Gasteiger partial charge in [0.1, 0.15) is 5.82 Å². The van der Waals surface area contributed by atoms with Gasteiger partial charge in [-0.05, 0) is 20.3 Å². The zero-order valence-electron chi connectivity index (χ0n) is 10.5. The molecule has 2 aromatic rings. The number of hydrogen-bond acceptors (Lipinski definition) is 4. The van der Waals surface area contributed by atoms with E-state index in [4.69, 9.17) is 4.74 Å². The van der Waals surface area contributed by atoms with Gasteiger partial charge in [0.2, 0.25) is 0 Å². The Labute approximate surface area is 104 Å². The first kappa shape index (κ1) is 11.3. The van der Waals surface area contributed by atoms with Crippen LogP contribution in [0.1, 0.15) is 19.2 Å². The minimum absolute atomic E-state index is 0.0337. The van der Waals surface area contributed by atoms with Crippen LogP contribution in [-0.2, 0) is 10.3 Å². The number of rotatable bonds is 1. The Morgan fingerprint density at radius 1 is 1.50 bits per heavy atom. The summed E-state index contributed by atoms with van der Waals surface area (Å²) in [6.45, 7) is 5.13. The highest BCUT2D eigenvalue weighted by atomic mass is 16.5. The first-order chi connectivity index (χ1) is 8.58. The van der Waals surface area contributed by atoms with Crippen LogP contribution in [-0.4, -0.2) is 27.7 Å². The van der Waals surface area contributed by atoms with E-state index in [1.54, 1.807) is 16.8 Å². The molecule has 0 radical (unpaired) electrons. The van der Waals surface area contributed by atoms with E-state index in [-0.39, 0.29) is 11.1 Å². The molecule has 0 aliphatic carbocycles. The molecule has 3 rings (SSSR count). The van der Waals surface area contributed by atoms with Crippen molar-refractivity contribution in [3.63, 3.8) is 0 Å². The molecule has 94 valence electrons. The number of pyridine rings is 1. The Morgan fingerprint density at radius 3 is 3.06 bits per heavy atom. The molecule has 0 spiro atoms. The van der Waals surface area contributed by atoms with E-state index >= 15 is 0 Å². The van der Waals surface area contributed by atoms with E-state index in [1.165, 1.54) is 0 Å². The van der Waals surface area contributed by atoms with Gasteiger partial charge in [-0.2, -0.15) is 0 Å². The zero-order chi connectivity index (χ0) is 12.8. The third kappa shape index (κ3) is 1.71. The van der Waals surface area contributed by atoms with E-state index in [9.17, 15) is 4.79 Å². The van der Waals surface area contributed by atoms with Crippen molar-refractivity contribution in [2.75, 3.05) is 13.2 Å².